The molecule has 0 N–H and O–H groups in total. The zero-order valence-corrected chi connectivity index (χ0v) is 11.2. The second-order valence-corrected chi connectivity index (χ2v) is 4.41. The number of benzene rings is 1. The second-order valence-electron chi connectivity index (χ2n) is 4.41. The molecule has 3 heteroatoms. The molecule has 1 aromatic carbocycles. The minimum atomic E-state index is -0.342. The Balaban J connectivity index is 2.21. The van der Waals surface area contributed by atoms with Crippen LogP contribution < -0.4 is 0 Å². The number of rotatable bonds is 4. The first-order valence-corrected chi connectivity index (χ1v) is 6.16. The second kappa shape index (κ2) is 6.05. The average molecular weight is 255 g/mol. The number of carbonyl (C=O) groups excluding carboxylic acids is 1. The summed E-state index contributed by atoms with van der Waals surface area (Å²) >= 11 is 0. The number of methoxy groups -OCH3 is 1. The van der Waals surface area contributed by atoms with Crippen molar-refractivity contribution in [1.82, 2.24) is 4.57 Å². The maximum absolute atomic E-state index is 11.1. The molecule has 0 aliphatic carbocycles. The zero-order chi connectivity index (χ0) is 13.7. The fourth-order valence-electron chi connectivity index (χ4n) is 1.96. The first kappa shape index (κ1) is 13.1. The molecule has 1 heterocycles. The van der Waals surface area contributed by atoms with E-state index >= 15 is 0 Å². The number of nitrogens with zero attached hydrogens (tertiary/aromatic N) is 1. The van der Waals surface area contributed by atoms with Crippen molar-refractivity contribution >= 4 is 12.0 Å². The van der Waals surface area contributed by atoms with Gasteiger partial charge in [0.15, 0.2) is 0 Å². The van der Waals surface area contributed by atoms with Gasteiger partial charge in [0.25, 0.3) is 0 Å². The Morgan fingerprint density at radius 2 is 2.05 bits per heavy atom. The third kappa shape index (κ3) is 3.58. The Labute approximate surface area is 113 Å². The Bertz CT molecular complexity index is 582. The quantitative estimate of drug-likeness (QED) is 0.621. The van der Waals surface area contributed by atoms with Gasteiger partial charge in [-0.3, -0.25) is 0 Å². The molecule has 0 unspecified atom stereocenters. The van der Waals surface area contributed by atoms with E-state index < -0.39 is 0 Å². The minimum Gasteiger partial charge on any atom is -0.466 e. The molecule has 0 bridgehead atoms. The maximum atomic E-state index is 11.1. The standard InChI is InChI=1S/C16H17NO2/c1-13-10-15(8-9-16(18)19-2)17(11-13)12-14-6-4-3-5-7-14/h3-11H,12H2,1-2H3/b9-8+. The van der Waals surface area contributed by atoms with Crippen molar-refractivity contribution in [2.45, 2.75) is 13.5 Å². The predicted molar refractivity (Wildman–Crippen MR) is 75.8 cm³/mol. The van der Waals surface area contributed by atoms with Gasteiger partial charge in [-0.25, -0.2) is 4.79 Å². The van der Waals surface area contributed by atoms with Crippen molar-refractivity contribution in [3.63, 3.8) is 0 Å². The summed E-state index contributed by atoms with van der Waals surface area (Å²) < 4.78 is 6.72. The van der Waals surface area contributed by atoms with E-state index in [1.165, 1.54) is 24.3 Å². The lowest BCUT2D eigenvalue weighted by molar-refractivity contribution is -0.134. The SMILES string of the molecule is COC(=O)/C=C/c1cc(C)cn1Cc1ccccc1. The van der Waals surface area contributed by atoms with Gasteiger partial charge < -0.3 is 9.30 Å². The van der Waals surface area contributed by atoms with Crippen molar-refractivity contribution in [3.05, 3.63) is 65.5 Å². The lowest BCUT2D eigenvalue weighted by atomic mass is 10.2. The van der Waals surface area contributed by atoms with Gasteiger partial charge in [0.2, 0.25) is 0 Å². The zero-order valence-electron chi connectivity index (χ0n) is 11.2. The molecule has 0 aliphatic heterocycles. The number of esters is 1. The smallest absolute Gasteiger partial charge is 0.330 e. The molecule has 98 valence electrons. The fourth-order valence-corrected chi connectivity index (χ4v) is 1.96. The summed E-state index contributed by atoms with van der Waals surface area (Å²) in [6.07, 6.45) is 5.29. The van der Waals surface area contributed by atoms with Crippen molar-refractivity contribution in [3.8, 4) is 0 Å². The highest BCUT2D eigenvalue weighted by molar-refractivity contribution is 5.86. The first-order valence-electron chi connectivity index (χ1n) is 6.16. The number of ether oxygens (including phenoxy) is 1. The Morgan fingerprint density at radius 3 is 2.74 bits per heavy atom. The summed E-state index contributed by atoms with van der Waals surface area (Å²) in [4.78, 5) is 11.1. The van der Waals surface area contributed by atoms with Gasteiger partial charge >= 0.3 is 5.97 Å². The molecule has 1 aromatic heterocycles. The van der Waals surface area contributed by atoms with Crippen LogP contribution in [0.15, 0.2) is 48.7 Å². The third-order valence-corrected chi connectivity index (χ3v) is 2.85. The van der Waals surface area contributed by atoms with Crippen LogP contribution in [0.25, 0.3) is 6.08 Å². The normalized spacial score (nSPS) is 10.8. The summed E-state index contributed by atoms with van der Waals surface area (Å²) in [5.74, 6) is -0.342. The van der Waals surface area contributed by atoms with Gasteiger partial charge in [-0.05, 0) is 30.2 Å². The molecule has 2 aromatic rings. The molecule has 0 spiro atoms. The molecule has 0 aliphatic rings. The van der Waals surface area contributed by atoms with Crippen LogP contribution in [0, 0.1) is 6.92 Å². The highest BCUT2D eigenvalue weighted by Crippen LogP contribution is 2.13. The lowest BCUT2D eigenvalue weighted by Gasteiger charge is -2.06. The Morgan fingerprint density at radius 1 is 1.32 bits per heavy atom. The molecule has 0 saturated carbocycles. The Kier molecular flexibility index (Phi) is 4.18. The van der Waals surface area contributed by atoms with Crippen LogP contribution >= 0.6 is 0 Å². The van der Waals surface area contributed by atoms with Crippen molar-refractivity contribution in [2.24, 2.45) is 0 Å². The molecular formula is C16H17NO2. The molecule has 3 nitrogen and oxygen atoms in total. The van der Waals surface area contributed by atoms with Gasteiger partial charge in [-0.15, -0.1) is 0 Å². The van der Waals surface area contributed by atoms with Gasteiger partial charge in [0.05, 0.1) is 7.11 Å². The molecule has 0 fully saturated rings. The van der Waals surface area contributed by atoms with Crippen LogP contribution in [0.4, 0.5) is 0 Å². The van der Waals surface area contributed by atoms with Crippen molar-refractivity contribution in [1.29, 1.82) is 0 Å². The van der Waals surface area contributed by atoms with Crippen molar-refractivity contribution < 1.29 is 9.53 Å². The van der Waals surface area contributed by atoms with Gasteiger partial charge in [0, 0.05) is 24.5 Å². The van der Waals surface area contributed by atoms with Crippen LogP contribution in [0.3, 0.4) is 0 Å². The minimum absolute atomic E-state index is 0.342. The average Bonchev–Trinajstić information content (AvgIpc) is 2.77. The molecular weight excluding hydrogens is 238 g/mol. The van der Waals surface area contributed by atoms with Crippen molar-refractivity contribution in [2.75, 3.05) is 7.11 Å². The topological polar surface area (TPSA) is 31.2 Å². The van der Waals surface area contributed by atoms with Crippen LogP contribution in [0.2, 0.25) is 0 Å². The number of aryl methyl sites for hydroxylation is 1. The van der Waals surface area contributed by atoms with Crippen LogP contribution in [0.5, 0.6) is 0 Å². The number of hydrogen-bond acceptors (Lipinski definition) is 2. The third-order valence-electron chi connectivity index (χ3n) is 2.85. The van der Waals surface area contributed by atoms with Crippen LogP contribution in [-0.2, 0) is 16.1 Å². The van der Waals surface area contributed by atoms with E-state index in [9.17, 15) is 4.79 Å². The summed E-state index contributed by atoms with van der Waals surface area (Å²) in [7, 11) is 1.38. The molecule has 0 atom stereocenters. The van der Waals surface area contributed by atoms with E-state index in [0.717, 1.165) is 12.2 Å². The van der Waals surface area contributed by atoms with E-state index in [0.29, 0.717) is 0 Å². The number of aromatic nitrogens is 1. The summed E-state index contributed by atoms with van der Waals surface area (Å²) in [5, 5.41) is 0. The highest BCUT2D eigenvalue weighted by Gasteiger charge is 2.02. The van der Waals surface area contributed by atoms with E-state index in [1.54, 1.807) is 6.08 Å². The van der Waals surface area contributed by atoms with E-state index in [-0.39, 0.29) is 5.97 Å². The van der Waals surface area contributed by atoms with E-state index in [1.807, 2.05) is 31.2 Å². The van der Waals surface area contributed by atoms with Crippen LogP contribution in [-0.4, -0.2) is 17.6 Å². The largest absolute Gasteiger partial charge is 0.466 e. The maximum Gasteiger partial charge on any atom is 0.330 e. The fraction of sp³-hybridized carbons (Fsp3) is 0.188. The van der Waals surface area contributed by atoms with E-state index in [4.69, 9.17) is 0 Å². The molecule has 0 saturated heterocycles. The van der Waals surface area contributed by atoms with Crippen LogP contribution in [0.1, 0.15) is 16.8 Å². The molecule has 0 amide bonds. The van der Waals surface area contributed by atoms with Gasteiger partial charge in [-0.2, -0.15) is 0 Å². The van der Waals surface area contributed by atoms with Gasteiger partial charge in [-0.1, -0.05) is 30.3 Å². The molecule has 19 heavy (non-hydrogen) atoms. The molecule has 2 rings (SSSR count). The molecule has 0 radical (unpaired) electrons. The summed E-state index contributed by atoms with van der Waals surface area (Å²) in [5.41, 5.74) is 3.39. The van der Waals surface area contributed by atoms with E-state index in [2.05, 4.69) is 27.6 Å². The Hall–Kier alpha value is -2.29. The number of carbonyl (C=O) groups is 1. The van der Waals surface area contributed by atoms with Gasteiger partial charge in [0.1, 0.15) is 0 Å². The summed E-state index contributed by atoms with van der Waals surface area (Å²) in [6.45, 7) is 2.83. The highest BCUT2D eigenvalue weighted by atomic mass is 16.5. The lowest BCUT2D eigenvalue weighted by Crippen LogP contribution is -2.00. The first-order chi connectivity index (χ1) is 9.19. The predicted octanol–water partition coefficient (Wildman–Crippen LogP) is 3.03. The monoisotopic (exact) mass is 255 g/mol. The number of hydrogen-bond donors (Lipinski definition) is 0. The summed E-state index contributed by atoms with van der Waals surface area (Å²) in [6, 6.07) is 12.3.